The smallest absolute Gasteiger partial charge is 0.254 e. The predicted octanol–water partition coefficient (Wildman–Crippen LogP) is 3.60. The van der Waals surface area contributed by atoms with Crippen molar-refractivity contribution in [2.45, 2.75) is 27.3 Å². The quantitative estimate of drug-likeness (QED) is 0.695. The first-order chi connectivity index (χ1) is 13.0. The van der Waals surface area contributed by atoms with Crippen molar-refractivity contribution in [2.75, 3.05) is 11.9 Å². The fraction of sp³-hybridized carbons (Fsp3) is 0.250. The van der Waals surface area contributed by atoms with Crippen molar-refractivity contribution < 1.29 is 9.13 Å². The van der Waals surface area contributed by atoms with E-state index in [0.29, 0.717) is 41.6 Å². The minimum atomic E-state index is -0.385. The molecule has 2 N–H and O–H groups in total. The molecule has 0 aliphatic rings. The van der Waals surface area contributed by atoms with Crippen molar-refractivity contribution in [1.82, 2.24) is 15.0 Å². The van der Waals surface area contributed by atoms with E-state index in [0.717, 1.165) is 5.56 Å². The van der Waals surface area contributed by atoms with Crippen LogP contribution in [0.15, 0.2) is 41.3 Å². The lowest BCUT2D eigenvalue weighted by Crippen LogP contribution is -2.14. The Morgan fingerprint density at radius 2 is 2.04 bits per heavy atom. The minimum absolute atomic E-state index is 0.155. The summed E-state index contributed by atoms with van der Waals surface area (Å²) in [4.78, 5) is 23.4. The van der Waals surface area contributed by atoms with E-state index in [1.165, 1.54) is 6.07 Å². The van der Waals surface area contributed by atoms with E-state index in [2.05, 4.69) is 20.3 Å². The standard InChI is InChI=1S/C20H21FN4O2/c1-4-27-17-7-5-14(9-16(17)21)10-22-18-8-6-15(11-23-18)19-24-13(3)12(2)20(26)25-19/h5-9,11H,4,10H2,1-3H3,(H,22,23)(H,24,25,26). The summed E-state index contributed by atoms with van der Waals surface area (Å²) in [7, 11) is 0. The number of anilines is 1. The molecule has 3 rings (SSSR count). The molecule has 0 saturated heterocycles. The third-order valence-electron chi connectivity index (χ3n) is 4.20. The number of pyridine rings is 1. The van der Waals surface area contributed by atoms with E-state index >= 15 is 0 Å². The Morgan fingerprint density at radius 3 is 2.67 bits per heavy atom. The molecule has 140 valence electrons. The Kier molecular flexibility index (Phi) is 5.49. The number of aryl methyl sites for hydroxylation is 1. The van der Waals surface area contributed by atoms with Crippen LogP contribution < -0.4 is 15.6 Å². The number of H-pyrrole nitrogens is 1. The Morgan fingerprint density at radius 1 is 1.22 bits per heavy atom. The summed E-state index contributed by atoms with van der Waals surface area (Å²) in [5.74, 6) is 0.984. The third kappa shape index (κ3) is 4.31. The Bertz CT molecular complexity index is 1000. The van der Waals surface area contributed by atoms with Gasteiger partial charge in [0.25, 0.3) is 5.56 Å². The van der Waals surface area contributed by atoms with Gasteiger partial charge in [0.2, 0.25) is 0 Å². The van der Waals surface area contributed by atoms with E-state index < -0.39 is 0 Å². The maximum atomic E-state index is 13.9. The molecule has 0 saturated carbocycles. The summed E-state index contributed by atoms with van der Waals surface area (Å²) in [6.07, 6.45) is 1.63. The molecule has 6 nitrogen and oxygen atoms in total. The van der Waals surface area contributed by atoms with Crippen molar-refractivity contribution in [2.24, 2.45) is 0 Å². The molecule has 0 spiro atoms. The normalized spacial score (nSPS) is 10.7. The number of hydrogen-bond acceptors (Lipinski definition) is 5. The Hall–Kier alpha value is -3.22. The van der Waals surface area contributed by atoms with Gasteiger partial charge in [-0.1, -0.05) is 6.07 Å². The SMILES string of the molecule is CCOc1ccc(CNc2ccc(-c3nc(C)c(C)c(=O)[nH]3)cn2)cc1F. The van der Waals surface area contributed by atoms with Crippen LogP contribution in [0.3, 0.4) is 0 Å². The van der Waals surface area contributed by atoms with Gasteiger partial charge in [-0.25, -0.2) is 14.4 Å². The van der Waals surface area contributed by atoms with Gasteiger partial charge >= 0.3 is 0 Å². The molecule has 0 fully saturated rings. The maximum absolute atomic E-state index is 13.9. The summed E-state index contributed by atoms with van der Waals surface area (Å²) < 4.78 is 19.1. The van der Waals surface area contributed by atoms with Gasteiger partial charge in [-0.05, 0) is 50.6 Å². The molecule has 1 aromatic carbocycles. The molecule has 0 bridgehead atoms. The van der Waals surface area contributed by atoms with Crippen LogP contribution in [0.2, 0.25) is 0 Å². The van der Waals surface area contributed by atoms with Crippen LogP contribution in [0, 0.1) is 19.7 Å². The number of nitrogens with zero attached hydrogens (tertiary/aromatic N) is 2. The van der Waals surface area contributed by atoms with Crippen molar-refractivity contribution in [3.8, 4) is 17.1 Å². The van der Waals surface area contributed by atoms with E-state index in [1.807, 2.05) is 13.0 Å². The first-order valence-electron chi connectivity index (χ1n) is 8.67. The molecule has 0 unspecified atom stereocenters. The summed E-state index contributed by atoms with van der Waals surface area (Å²) >= 11 is 0. The molecule has 0 aliphatic heterocycles. The summed E-state index contributed by atoms with van der Waals surface area (Å²) in [6, 6.07) is 8.47. The highest BCUT2D eigenvalue weighted by Crippen LogP contribution is 2.20. The number of benzene rings is 1. The zero-order chi connectivity index (χ0) is 19.4. The predicted molar refractivity (Wildman–Crippen MR) is 102 cm³/mol. The number of rotatable bonds is 6. The monoisotopic (exact) mass is 368 g/mol. The zero-order valence-corrected chi connectivity index (χ0v) is 15.5. The molecule has 0 aliphatic carbocycles. The molecule has 0 atom stereocenters. The van der Waals surface area contributed by atoms with Crippen molar-refractivity contribution >= 4 is 5.82 Å². The topological polar surface area (TPSA) is 79.9 Å². The van der Waals surface area contributed by atoms with Gasteiger partial charge < -0.3 is 15.0 Å². The Balaban J connectivity index is 1.69. The molecule has 7 heteroatoms. The van der Waals surface area contributed by atoms with Crippen LogP contribution in [0.4, 0.5) is 10.2 Å². The highest BCUT2D eigenvalue weighted by molar-refractivity contribution is 5.56. The lowest BCUT2D eigenvalue weighted by Gasteiger charge is -2.09. The van der Waals surface area contributed by atoms with Gasteiger partial charge in [0, 0.05) is 29.6 Å². The molecular weight excluding hydrogens is 347 g/mol. The third-order valence-corrected chi connectivity index (χ3v) is 4.20. The van der Waals surface area contributed by atoms with Gasteiger partial charge in [-0.15, -0.1) is 0 Å². The number of aromatic amines is 1. The average Bonchev–Trinajstić information content (AvgIpc) is 2.66. The molecule has 3 aromatic rings. The van der Waals surface area contributed by atoms with Gasteiger partial charge in [0.15, 0.2) is 11.6 Å². The molecular formula is C20H21FN4O2. The van der Waals surface area contributed by atoms with E-state index in [-0.39, 0.29) is 17.1 Å². The first-order valence-corrected chi connectivity index (χ1v) is 8.67. The van der Waals surface area contributed by atoms with Gasteiger partial charge in [-0.2, -0.15) is 0 Å². The largest absolute Gasteiger partial charge is 0.491 e. The zero-order valence-electron chi connectivity index (χ0n) is 15.5. The molecule has 2 aromatic heterocycles. The van der Waals surface area contributed by atoms with Crippen molar-refractivity contribution in [3.63, 3.8) is 0 Å². The van der Waals surface area contributed by atoms with Gasteiger partial charge in [-0.3, -0.25) is 4.79 Å². The van der Waals surface area contributed by atoms with Crippen molar-refractivity contribution in [1.29, 1.82) is 0 Å². The molecule has 2 heterocycles. The fourth-order valence-corrected chi connectivity index (χ4v) is 2.54. The van der Waals surface area contributed by atoms with E-state index in [9.17, 15) is 9.18 Å². The second-order valence-corrected chi connectivity index (χ2v) is 6.11. The number of halogens is 1. The van der Waals surface area contributed by atoms with Gasteiger partial charge in [0.05, 0.1) is 6.61 Å². The minimum Gasteiger partial charge on any atom is -0.491 e. The first kappa shape index (κ1) is 18.6. The van der Waals surface area contributed by atoms with Crippen LogP contribution >= 0.6 is 0 Å². The second kappa shape index (κ2) is 7.99. The molecule has 0 radical (unpaired) electrons. The molecule has 0 amide bonds. The van der Waals surface area contributed by atoms with E-state index in [1.54, 1.807) is 38.2 Å². The van der Waals surface area contributed by atoms with Crippen LogP contribution in [0.1, 0.15) is 23.7 Å². The highest BCUT2D eigenvalue weighted by atomic mass is 19.1. The summed E-state index contributed by atoms with van der Waals surface area (Å²) in [5.41, 5.74) is 2.63. The molecule has 27 heavy (non-hydrogen) atoms. The number of hydrogen-bond donors (Lipinski definition) is 2. The van der Waals surface area contributed by atoms with Crippen LogP contribution in [0.25, 0.3) is 11.4 Å². The average molecular weight is 368 g/mol. The highest BCUT2D eigenvalue weighted by Gasteiger charge is 2.07. The number of nitrogens with one attached hydrogen (secondary N) is 2. The van der Waals surface area contributed by atoms with E-state index in [4.69, 9.17) is 4.74 Å². The van der Waals surface area contributed by atoms with Gasteiger partial charge in [0.1, 0.15) is 11.6 Å². The number of aromatic nitrogens is 3. The van der Waals surface area contributed by atoms with Crippen LogP contribution in [-0.2, 0) is 6.54 Å². The second-order valence-electron chi connectivity index (χ2n) is 6.11. The summed E-state index contributed by atoms with van der Waals surface area (Å²) in [6.45, 7) is 6.19. The maximum Gasteiger partial charge on any atom is 0.254 e. The van der Waals surface area contributed by atoms with Crippen LogP contribution in [-0.4, -0.2) is 21.6 Å². The lowest BCUT2D eigenvalue weighted by atomic mass is 10.2. The van der Waals surface area contributed by atoms with Crippen molar-refractivity contribution in [3.05, 3.63) is 69.5 Å². The lowest BCUT2D eigenvalue weighted by molar-refractivity contribution is 0.321. The number of ether oxygens (including phenoxy) is 1. The Labute approximate surface area is 156 Å². The van der Waals surface area contributed by atoms with Crippen LogP contribution in [0.5, 0.6) is 5.75 Å². The summed E-state index contributed by atoms with van der Waals surface area (Å²) in [5, 5.41) is 3.14. The fourth-order valence-electron chi connectivity index (χ4n) is 2.54.